The quantitative estimate of drug-likeness (QED) is 0.260. The number of aromatic nitrogens is 4. The number of aliphatic hydroxyl groups is 1. The summed E-state index contributed by atoms with van der Waals surface area (Å²) in [4.78, 5) is 9.63. The van der Waals surface area contributed by atoms with Gasteiger partial charge in [-0.05, 0) is 47.6 Å². The number of methoxy groups -OCH3 is 2. The number of benzene rings is 2. The van der Waals surface area contributed by atoms with E-state index in [4.69, 9.17) is 18.6 Å². The Kier molecular flexibility index (Phi) is 6.18. The zero-order chi connectivity index (χ0) is 26.2. The van der Waals surface area contributed by atoms with Gasteiger partial charge in [-0.15, -0.1) is 5.10 Å². The Morgan fingerprint density at radius 1 is 1.03 bits per heavy atom. The SMILES string of the molecule is COc1cc(OCc2cccc(-c3ccc(C(C)O)cn3)c2)c2cc(-c3cnc4sc(OC)nn34)oc2c1. The van der Waals surface area contributed by atoms with E-state index in [1.807, 2.05) is 54.6 Å². The van der Waals surface area contributed by atoms with Crippen LogP contribution >= 0.6 is 11.3 Å². The predicted octanol–water partition coefficient (Wildman–Crippen LogP) is 5.92. The third-order valence-electron chi connectivity index (χ3n) is 6.19. The Hall–Kier alpha value is -4.41. The molecule has 0 saturated carbocycles. The van der Waals surface area contributed by atoms with Crippen molar-refractivity contribution in [1.29, 1.82) is 0 Å². The van der Waals surface area contributed by atoms with Crippen LogP contribution in [0.15, 0.2) is 71.4 Å². The summed E-state index contributed by atoms with van der Waals surface area (Å²) in [7, 11) is 3.19. The molecule has 0 radical (unpaired) electrons. The molecule has 10 heteroatoms. The smallest absolute Gasteiger partial charge is 0.294 e. The van der Waals surface area contributed by atoms with E-state index in [0.29, 0.717) is 45.3 Å². The van der Waals surface area contributed by atoms with E-state index in [0.717, 1.165) is 27.8 Å². The normalized spacial score (nSPS) is 12.2. The first-order valence-electron chi connectivity index (χ1n) is 11.9. The highest BCUT2D eigenvalue weighted by atomic mass is 32.1. The van der Waals surface area contributed by atoms with Gasteiger partial charge in [-0.3, -0.25) is 4.98 Å². The molecule has 1 atom stereocenters. The molecule has 1 unspecified atom stereocenters. The lowest BCUT2D eigenvalue weighted by molar-refractivity contribution is 0.199. The number of imidazole rings is 1. The summed E-state index contributed by atoms with van der Waals surface area (Å²) >= 11 is 1.35. The summed E-state index contributed by atoms with van der Waals surface area (Å²) < 4.78 is 24.9. The number of hydrogen-bond acceptors (Lipinski definition) is 9. The third-order valence-corrected chi connectivity index (χ3v) is 7.07. The van der Waals surface area contributed by atoms with Gasteiger partial charge < -0.3 is 23.7 Å². The molecule has 0 aliphatic heterocycles. The third kappa shape index (κ3) is 4.44. The molecule has 2 aromatic carbocycles. The average molecular weight is 529 g/mol. The number of pyridine rings is 1. The van der Waals surface area contributed by atoms with Gasteiger partial charge in [0.1, 0.15) is 29.4 Å². The van der Waals surface area contributed by atoms with Crippen molar-refractivity contribution in [2.75, 3.05) is 14.2 Å². The number of nitrogens with zero attached hydrogens (tertiary/aromatic N) is 4. The van der Waals surface area contributed by atoms with Gasteiger partial charge in [0.05, 0.1) is 37.6 Å². The minimum atomic E-state index is -0.552. The average Bonchev–Trinajstić information content (AvgIpc) is 3.65. The van der Waals surface area contributed by atoms with Crippen LogP contribution in [-0.4, -0.2) is 38.9 Å². The second kappa shape index (κ2) is 9.81. The van der Waals surface area contributed by atoms with Crippen molar-refractivity contribution in [3.63, 3.8) is 0 Å². The lowest BCUT2D eigenvalue weighted by atomic mass is 10.1. The molecule has 0 fully saturated rings. The van der Waals surface area contributed by atoms with Crippen molar-refractivity contribution in [3.05, 3.63) is 78.1 Å². The number of fused-ring (bicyclic) bond motifs is 2. The highest BCUT2D eigenvalue weighted by Crippen LogP contribution is 2.38. The topological polar surface area (TPSA) is 104 Å². The first-order chi connectivity index (χ1) is 18.5. The molecule has 38 heavy (non-hydrogen) atoms. The maximum absolute atomic E-state index is 9.75. The Morgan fingerprint density at radius 3 is 2.68 bits per heavy atom. The van der Waals surface area contributed by atoms with Gasteiger partial charge in [0.15, 0.2) is 5.76 Å². The van der Waals surface area contributed by atoms with Crippen molar-refractivity contribution in [3.8, 4) is 39.4 Å². The number of ether oxygens (including phenoxy) is 3. The van der Waals surface area contributed by atoms with Crippen LogP contribution in [0.2, 0.25) is 0 Å². The molecule has 0 aliphatic rings. The molecule has 4 heterocycles. The number of aliphatic hydroxyl groups excluding tert-OH is 1. The molecule has 0 amide bonds. The summed E-state index contributed by atoms with van der Waals surface area (Å²) in [5.41, 5.74) is 4.89. The van der Waals surface area contributed by atoms with Gasteiger partial charge in [0.25, 0.3) is 5.19 Å². The lowest BCUT2D eigenvalue weighted by Gasteiger charge is -2.11. The summed E-state index contributed by atoms with van der Waals surface area (Å²) in [6.07, 6.45) is 2.87. The maximum Gasteiger partial charge on any atom is 0.294 e. The fourth-order valence-corrected chi connectivity index (χ4v) is 4.87. The maximum atomic E-state index is 9.75. The Labute approximate surface area is 221 Å². The first kappa shape index (κ1) is 24.0. The Morgan fingerprint density at radius 2 is 1.92 bits per heavy atom. The van der Waals surface area contributed by atoms with E-state index in [1.54, 1.807) is 38.1 Å². The standard InChI is InChI=1S/C28H24N4O5S/c1-16(33)19-7-8-22(29-13-19)18-6-4-5-17(9-18)15-36-24-10-20(34-2)11-25-21(24)12-26(37-25)23-14-30-27-32(23)31-28(35-3)38-27/h4-14,16,33H,15H2,1-3H3. The second-order valence-corrected chi connectivity index (χ2v) is 9.62. The van der Waals surface area contributed by atoms with Crippen LogP contribution in [0.25, 0.3) is 38.6 Å². The van der Waals surface area contributed by atoms with Crippen molar-refractivity contribution in [2.24, 2.45) is 0 Å². The van der Waals surface area contributed by atoms with Crippen molar-refractivity contribution in [1.82, 2.24) is 19.6 Å². The highest BCUT2D eigenvalue weighted by molar-refractivity contribution is 7.18. The lowest BCUT2D eigenvalue weighted by Crippen LogP contribution is -1.97. The second-order valence-electron chi connectivity index (χ2n) is 8.70. The highest BCUT2D eigenvalue weighted by Gasteiger charge is 2.18. The van der Waals surface area contributed by atoms with Gasteiger partial charge in [-0.2, -0.15) is 4.52 Å². The molecule has 9 nitrogen and oxygen atoms in total. The molecule has 0 bridgehead atoms. The van der Waals surface area contributed by atoms with E-state index in [1.165, 1.54) is 11.3 Å². The van der Waals surface area contributed by atoms with Crippen LogP contribution in [-0.2, 0) is 6.61 Å². The summed E-state index contributed by atoms with van der Waals surface area (Å²) in [5, 5.41) is 15.5. The van der Waals surface area contributed by atoms with Crippen LogP contribution in [0, 0.1) is 0 Å². The molecular formula is C28H24N4O5S. The predicted molar refractivity (Wildman–Crippen MR) is 144 cm³/mol. The summed E-state index contributed by atoms with van der Waals surface area (Å²) in [5.74, 6) is 1.86. The summed E-state index contributed by atoms with van der Waals surface area (Å²) in [6, 6.07) is 17.4. The molecule has 4 aromatic heterocycles. The molecule has 1 N–H and O–H groups in total. The first-order valence-corrected chi connectivity index (χ1v) is 12.7. The van der Waals surface area contributed by atoms with Gasteiger partial charge in [0, 0.05) is 23.9 Å². The fourth-order valence-electron chi connectivity index (χ4n) is 4.18. The van der Waals surface area contributed by atoms with E-state index in [9.17, 15) is 5.11 Å². The van der Waals surface area contributed by atoms with Gasteiger partial charge in [0.2, 0.25) is 4.96 Å². The van der Waals surface area contributed by atoms with Crippen LogP contribution in [0.4, 0.5) is 0 Å². The van der Waals surface area contributed by atoms with Crippen molar-refractivity contribution >= 4 is 27.3 Å². The van der Waals surface area contributed by atoms with E-state index in [-0.39, 0.29) is 0 Å². The largest absolute Gasteiger partial charge is 0.496 e. The number of rotatable bonds is 8. The van der Waals surface area contributed by atoms with Crippen LogP contribution in [0.1, 0.15) is 24.2 Å². The van der Waals surface area contributed by atoms with E-state index in [2.05, 4.69) is 15.1 Å². The van der Waals surface area contributed by atoms with Gasteiger partial charge in [-0.25, -0.2) is 4.98 Å². The Balaban J connectivity index is 1.30. The molecule has 0 spiro atoms. The van der Waals surface area contributed by atoms with E-state index < -0.39 is 6.10 Å². The van der Waals surface area contributed by atoms with Gasteiger partial charge in [-0.1, -0.05) is 24.3 Å². The molecule has 192 valence electrons. The molecule has 6 aromatic rings. The minimum Gasteiger partial charge on any atom is -0.496 e. The number of hydrogen-bond donors (Lipinski definition) is 1. The Bertz CT molecular complexity index is 1740. The van der Waals surface area contributed by atoms with Crippen molar-refractivity contribution < 1.29 is 23.7 Å². The fraction of sp³-hybridized carbons (Fsp3) is 0.179. The molecule has 0 saturated heterocycles. The van der Waals surface area contributed by atoms with Crippen molar-refractivity contribution in [2.45, 2.75) is 19.6 Å². The molecular weight excluding hydrogens is 504 g/mol. The van der Waals surface area contributed by atoms with Crippen LogP contribution < -0.4 is 14.2 Å². The summed E-state index contributed by atoms with van der Waals surface area (Å²) in [6.45, 7) is 2.06. The molecule has 0 aliphatic carbocycles. The minimum absolute atomic E-state index is 0.336. The number of furan rings is 1. The van der Waals surface area contributed by atoms with Crippen LogP contribution in [0.5, 0.6) is 16.7 Å². The van der Waals surface area contributed by atoms with Crippen LogP contribution in [0.3, 0.4) is 0 Å². The molecule has 6 rings (SSSR count). The zero-order valence-electron chi connectivity index (χ0n) is 20.9. The zero-order valence-corrected chi connectivity index (χ0v) is 21.7. The van der Waals surface area contributed by atoms with Gasteiger partial charge >= 0.3 is 0 Å². The van der Waals surface area contributed by atoms with E-state index >= 15 is 0 Å². The monoisotopic (exact) mass is 528 g/mol.